The molecule has 1 aliphatic heterocycles. The van der Waals surface area contributed by atoms with Gasteiger partial charge >= 0.3 is 0 Å². The Morgan fingerprint density at radius 1 is 0.754 bits per heavy atom. The van der Waals surface area contributed by atoms with Crippen molar-refractivity contribution < 1.29 is 36.0 Å². The zero-order valence-corrected chi connectivity index (χ0v) is 41.3. The normalized spacial score (nSPS) is 14.4. The van der Waals surface area contributed by atoms with E-state index in [0.29, 0.717) is 51.2 Å². The molecule has 4 aromatic carbocycles. The van der Waals surface area contributed by atoms with E-state index >= 15 is 0 Å². The molecule has 0 radical (unpaired) electrons. The molecule has 1 aliphatic rings. The first-order chi connectivity index (χ1) is 31.3. The average molecular weight is 969 g/mol. The van der Waals surface area contributed by atoms with Crippen molar-refractivity contribution in [3.63, 3.8) is 0 Å². The van der Waals surface area contributed by atoms with Crippen LogP contribution in [0.2, 0.25) is 0 Å². The van der Waals surface area contributed by atoms with Gasteiger partial charge in [0.1, 0.15) is 11.3 Å². The summed E-state index contributed by atoms with van der Waals surface area (Å²) < 4.78 is 71.1. The van der Waals surface area contributed by atoms with E-state index in [-0.39, 0.29) is 76.8 Å². The number of sulfonamides is 2. The lowest BCUT2D eigenvalue weighted by atomic mass is 10.1. The molecule has 0 spiro atoms. The van der Waals surface area contributed by atoms with E-state index in [9.17, 15) is 31.7 Å². The third-order valence-corrected chi connectivity index (χ3v) is 17.8. The van der Waals surface area contributed by atoms with E-state index in [4.69, 9.17) is 9.47 Å². The number of carbonyl (C=O) groups excluding carboxylic acids is 1. The SMILES string of the molecule is CCSC(SCC)[C@@H]1CCCN1C(=O)c1cc(OCCCCN(CCCN(CCCCOCc2ccccc2)S(=O)(=O)c2ccc(C)cc2)S(=O)(=O)c2ccc(C)cc2)ccc1[N+](=O)[O-]. The molecule has 17 heteroatoms. The maximum Gasteiger partial charge on any atom is 0.282 e. The van der Waals surface area contributed by atoms with Crippen LogP contribution in [-0.4, -0.2) is 109 Å². The summed E-state index contributed by atoms with van der Waals surface area (Å²) in [5, 5.41) is 12.1. The van der Waals surface area contributed by atoms with Crippen molar-refractivity contribution in [1.29, 1.82) is 0 Å². The highest BCUT2D eigenvalue weighted by molar-refractivity contribution is 8.17. The maximum absolute atomic E-state index is 14.1. The molecule has 1 heterocycles. The molecule has 1 fully saturated rings. The molecule has 0 unspecified atom stereocenters. The molecule has 4 aromatic rings. The number of thioether (sulfide) groups is 2. The standard InChI is InChI=1S/C48H64N4O9S4/c1-5-62-48(63-6-2)46-18-14-33-51(46)47(53)44-36-41(23-28-45(44)52(54)55)61-35-13-11-30-50(65(58,59)43-26-21-39(4)22-27-43)32-15-31-49(64(56,57)42-24-19-38(3)20-25-42)29-10-12-34-60-37-40-16-8-7-9-17-40/h7-9,16-17,19-28,36,46,48H,5-6,10-15,18,29-35,37H2,1-4H3/t46-/m0/s1. The van der Waals surface area contributed by atoms with Crippen LogP contribution in [0.3, 0.4) is 0 Å². The molecule has 0 saturated carbocycles. The summed E-state index contributed by atoms with van der Waals surface area (Å²) in [6, 6.07) is 27.5. The number of hydrogen-bond donors (Lipinski definition) is 0. The molecule has 1 saturated heterocycles. The number of benzene rings is 4. The Morgan fingerprint density at radius 3 is 1.83 bits per heavy atom. The molecule has 0 aromatic heterocycles. The molecule has 1 atom stereocenters. The number of rotatable bonds is 28. The third-order valence-electron chi connectivity index (χ3n) is 11.2. The molecule has 0 aliphatic carbocycles. The van der Waals surface area contributed by atoms with Crippen molar-refractivity contribution in [2.45, 2.75) is 99.7 Å². The Morgan fingerprint density at radius 2 is 1.29 bits per heavy atom. The van der Waals surface area contributed by atoms with E-state index < -0.39 is 25.0 Å². The lowest BCUT2D eigenvalue weighted by Crippen LogP contribution is -2.41. The number of ether oxygens (including phenoxy) is 2. The maximum atomic E-state index is 14.1. The van der Waals surface area contributed by atoms with Gasteiger partial charge in [0.2, 0.25) is 20.0 Å². The van der Waals surface area contributed by atoms with Crippen LogP contribution in [0.15, 0.2) is 107 Å². The van der Waals surface area contributed by atoms with Gasteiger partial charge in [0.05, 0.1) is 38.6 Å². The minimum atomic E-state index is -3.95. The zero-order valence-electron chi connectivity index (χ0n) is 38.0. The van der Waals surface area contributed by atoms with Crippen LogP contribution in [0.25, 0.3) is 0 Å². The fourth-order valence-electron chi connectivity index (χ4n) is 7.70. The van der Waals surface area contributed by atoms with Crippen molar-refractivity contribution in [3.8, 4) is 5.75 Å². The molecule has 0 N–H and O–H groups in total. The monoisotopic (exact) mass is 968 g/mol. The van der Waals surface area contributed by atoms with Crippen LogP contribution < -0.4 is 4.74 Å². The van der Waals surface area contributed by atoms with Crippen LogP contribution in [0, 0.1) is 24.0 Å². The Labute approximate surface area is 394 Å². The smallest absolute Gasteiger partial charge is 0.282 e. The predicted molar refractivity (Wildman–Crippen MR) is 262 cm³/mol. The lowest BCUT2D eigenvalue weighted by molar-refractivity contribution is -0.385. The number of amides is 1. The van der Waals surface area contributed by atoms with Gasteiger partial charge in [-0.05, 0) is 112 Å². The van der Waals surface area contributed by atoms with Gasteiger partial charge in [-0.15, -0.1) is 23.5 Å². The fraction of sp³-hybridized carbons (Fsp3) is 0.479. The third kappa shape index (κ3) is 15.0. The van der Waals surface area contributed by atoms with Gasteiger partial charge in [0.25, 0.3) is 11.6 Å². The topological polar surface area (TPSA) is 157 Å². The zero-order chi connectivity index (χ0) is 46.8. The fourth-order valence-corrected chi connectivity index (χ4v) is 13.6. The van der Waals surface area contributed by atoms with Gasteiger partial charge in [-0.2, -0.15) is 8.61 Å². The number of nitro benzene ring substituents is 1. The van der Waals surface area contributed by atoms with Crippen molar-refractivity contribution in [2.75, 3.05) is 57.4 Å². The number of nitrogens with zero attached hydrogens (tertiary/aromatic N) is 4. The number of nitro groups is 1. The summed E-state index contributed by atoms with van der Waals surface area (Å²) in [4.78, 5) is 27.6. The Balaban J connectivity index is 1.23. The number of aryl methyl sites for hydroxylation is 2. The second-order valence-corrected chi connectivity index (χ2v) is 23.0. The second-order valence-electron chi connectivity index (χ2n) is 16.0. The van der Waals surface area contributed by atoms with Gasteiger partial charge in [-0.3, -0.25) is 14.9 Å². The minimum absolute atomic E-state index is 0.00802. The van der Waals surface area contributed by atoms with Gasteiger partial charge in [0, 0.05) is 45.4 Å². The van der Waals surface area contributed by atoms with E-state index in [2.05, 4.69) is 13.8 Å². The Hall–Kier alpha value is -3.97. The van der Waals surface area contributed by atoms with Gasteiger partial charge in [0.15, 0.2) is 0 Å². The highest BCUT2D eigenvalue weighted by Gasteiger charge is 2.38. The number of hydrogen-bond acceptors (Lipinski definition) is 11. The van der Waals surface area contributed by atoms with Crippen LogP contribution >= 0.6 is 23.5 Å². The predicted octanol–water partition coefficient (Wildman–Crippen LogP) is 9.58. The van der Waals surface area contributed by atoms with Crippen molar-refractivity contribution in [3.05, 3.63) is 129 Å². The summed E-state index contributed by atoms with van der Waals surface area (Å²) in [5.74, 6) is 1.75. The van der Waals surface area contributed by atoms with E-state index in [0.717, 1.165) is 41.0 Å². The number of likely N-dealkylation sites (tertiary alicyclic amines) is 1. The minimum Gasteiger partial charge on any atom is -0.494 e. The first-order valence-electron chi connectivity index (χ1n) is 22.5. The van der Waals surface area contributed by atoms with E-state index in [1.54, 1.807) is 77.0 Å². The molecular formula is C48H64N4O9S4. The van der Waals surface area contributed by atoms with Gasteiger partial charge < -0.3 is 14.4 Å². The molecule has 354 valence electrons. The van der Waals surface area contributed by atoms with Crippen molar-refractivity contribution >= 4 is 55.2 Å². The van der Waals surface area contributed by atoms with Gasteiger partial charge in [-0.25, -0.2) is 16.8 Å². The number of unbranched alkanes of at least 4 members (excludes halogenated alkanes) is 2. The number of carbonyl (C=O) groups is 1. The highest BCUT2D eigenvalue weighted by Crippen LogP contribution is 2.37. The molecule has 65 heavy (non-hydrogen) atoms. The van der Waals surface area contributed by atoms with Crippen molar-refractivity contribution in [1.82, 2.24) is 13.5 Å². The van der Waals surface area contributed by atoms with Crippen molar-refractivity contribution in [2.24, 2.45) is 0 Å². The van der Waals surface area contributed by atoms with Crippen LogP contribution in [0.4, 0.5) is 5.69 Å². The van der Waals surface area contributed by atoms with Crippen LogP contribution in [-0.2, 0) is 31.4 Å². The average Bonchev–Trinajstić information content (AvgIpc) is 3.79. The summed E-state index contributed by atoms with van der Waals surface area (Å²) in [6.45, 7) is 10.2. The molecule has 5 rings (SSSR count). The van der Waals surface area contributed by atoms with Crippen LogP contribution in [0.5, 0.6) is 5.75 Å². The summed E-state index contributed by atoms with van der Waals surface area (Å²) in [5.41, 5.74) is 2.64. The summed E-state index contributed by atoms with van der Waals surface area (Å²) in [6.07, 6.45) is 4.00. The molecule has 0 bridgehead atoms. The Bertz CT molecular complexity index is 2330. The van der Waals surface area contributed by atoms with Gasteiger partial charge in [-0.1, -0.05) is 79.6 Å². The first kappa shape index (κ1) is 52.0. The largest absolute Gasteiger partial charge is 0.494 e. The quantitative estimate of drug-likeness (QED) is 0.0231. The first-order valence-corrected chi connectivity index (χ1v) is 27.4. The second kappa shape index (κ2) is 25.8. The lowest BCUT2D eigenvalue weighted by Gasteiger charge is -2.31. The molecule has 1 amide bonds. The van der Waals surface area contributed by atoms with Crippen LogP contribution in [0.1, 0.15) is 85.8 Å². The molecular weight excluding hydrogens is 905 g/mol. The summed E-state index contributed by atoms with van der Waals surface area (Å²) in [7, 11) is -7.84. The van der Waals surface area contributed by atoms with E-state index in [1.165, 1.54) is 26.8 Å². The molecule has 13 nitrogen and oxygen atoms in total. The Kier molecular flexibility index (Phi) is 20.6. The summed E-state index contributed by atoms with van der Waals surface area (Å²) >= 11 is 3.59. The van der Waals surface area contributed by atoms with E-state index in [1.807, 2.05) is 44.2 Å². The highest BCUT2D eigenvalue weighted by atomic mass is 32.2.